The van der Waals surface area contributed by atoms with Crippen molar-refractivity contribution >= 4 is 0 Å². The van der Waals surface area contributed by atoms with E-state index in [4.69, 9.17) is 9.47 Å². The second-order valence-corrected chi connectivity index (χ2v) is 4.67. The lowest BCUT2D eigenvalue weighted by Crippen LogP contribution is -2.28. The molecule has 2 atom stereocenters. The third kappa shape index (κ3) is 3.20. The van der Waals surface area contributed by atoms with Crippen molar-refractivity contribution in [2.75, 3.05) is 13.2 Å². The third-order valence-corrected chi connectivity index (χ3v) is 3.03. The predicted octanol–water partition coefficient (Wildman–Crippen LogP) is 2.61. The summed E-state index contributed by atoms with van der Waals surface area (Å²) >= 11 is 0. The number of aryl methyl sites for hydroxylation is 1. The Morgan fingerprint density at radius 1 is 1.47 bits per heavy atom. The highest BCUT2D eigenvalue weighted by atomic mass is 16.5. The Labute approximate surface area is 102 Å². The molecule has 1 saturated heterocycles. The van der Waals surface area contributed by atoms with Crippen LogP contribution in [0.5, 0.6) is 5.75 Å². The molecule has 0 aliphatic carbocycles. The largest absolute Gasteiger partial charge is 0.488 e. The van der Waals surface area contributed by atoms with E-state index < -0.39 is 6.10 Å². The zero-order valence-corrected chi connectivity index (χ0v) is 10.5. The molecule has 94 valence electrons. The van der Waals surface area contributed by atoms with Crippen molar-refractivity contribution in [3.8, 4) is 5.75 Å². The van der Waals surface area contributed by atoms with Gasteiger partial charge in [-0.2, -0.15) is 0 Å². The maximum absolute atomic E-state index is 9.71. The maximum Gasteiger partial charge on any atom is 0.125 e. The van der Waals surface area contributed by atoms with E-state index in [1.54, 1.807) is 6.92 Å². The molecule has 3 nitrogen and oxygen atoms in total. The van der Waals surface area contributed by atoms with E-state index >= 15 is 0 Å². The molecule has 0 bridgehead atoms. The van der Waals surface area contributed by atoms with E-state index in [0.29, 0.717) is 6.61 Å². The summed E-state index contributed by atoms with van der Waals surface area (Å²) in [4.78, 5) is 0. The minimum absolute atomic E-state index is 0.114. The van der Waals surface area contributed by atoms with E-state index in [2.05, 4.69) is 0 Å². The van der Waals surface area contributed by atoms with Crippen molar-refractivity contribution in [2.24, 2.45) is 0 Å². The Kier molecular flexibility index (Phi) is 4.02. The van der Waals surface area contributed by atoms with Gasteiger partial charge < -0.3 is 14.6 Å². The molecule has 1 N–H and O–H groups in total. The molecule has 0 aromatic heterocycles. The topological polar surface area (TPSA) is 38.7 Å². The molecule has 1 unspecified atom stereocenters. The number of hydrogen-bond acceptors (Lipinski definition) is 3. The zero-order valence-electron chi connectivity index (χ0n) is 10.5. The van der Waals surface area contributed by atoms with Crippen molar-refractivity contribution in [2.45, 2.75) is 38.9 Å². The molecule has 1 fully saturated rings. The number of hydrogen-bond donors (Lipinski definition) is 1. The van der Waals surface area contributed by atoms with Crippen LogP contribution in [-0.2, 0) is 4.74 Å². The van der Waals surface area contributed by atoms with E-state index in [1.165, 1.54) is 0 Å². The number of benzene rings is 1. The van der Waals surface area contributed by atoms with Crippen LogP contribution in [0.25, 0.3) is 0 Å². The van der Waals surface area contributed by atoms with E-state index in [-0.39, 0.29) is 6.10 Å². The first-order valence-corrected chi connectivity index (χ1v) is 6.20. The average molecular weight is 236 g/mol. The lowest BCUT2D eigenvalue weighted by Gasteiger charge is -2.25. The Morgan fingerprint density at radius 3 is 2.94 bits per heavy atom. The predicted molar refractivity (Wildman–Crippen MR) is 66.3 cm³/mol. The monoisotopic (exact) mass is 236 g/mol. The van der Waals surface area contributed by atoms with Gasteiger partial charge in [0.25, 0.3) is 0 Å². The normalized spacial score (nSPS) is 22.2. The summed E-state index contributed by atoms with van der Waals surface area (Å²) in [5, 5.41) is 9.71. The van der Waals surface area contributed by atoms with E-state index in [0.717, 1.165) is 36.3 Å². The van der Waals surface area contributed by atoms with Gasteiger partial charge in [-0.3, -0.25) is 0 Å². The first-order valence-electron chi connectivity index (χ1n) is 6.20. The Morgan fingerprint density at radius 2 is 2.29 bits per heavy atom. The summed E-state index contributed by atoms with van der Waals surface area (Å²) in [5.74, 6) is 0.788. The molecular weight excluding hydrogens is 216 g/mol. The third-order valence-electron chi connectivity index (χ3n) is 3.03. The number of aliphatic hydroxyl groups excluding tert-OH is 1. The number of rotatable bonds is 3. The first kappa shape index (κ1) is 12.4. The quantitative estimate of drug-likeness (QED) is 0.876. The van der Waals surface area contributed by atoms with Gasteiger partial charge in [0.2, 0.25) is 0 Å². The van der Waals surface area contributed by atoms with Crippen LogP contribution < -0.4 is 4.74 Å². The van der Waals surface area contributed by atoms with Crippen molar-refractivity contribution < 1.29 is 14.6 Å². The molecule has 1 heterocycles. The zero-order chi connectivity index (χ0) is 12.3. The standard InChI is InChI=1S/C14H20O3/c1-10-5-6-13(11(2)15)14(8-10)17-12-4-3-7-16-9-12/h5-6,8,11-12,15H,3-4,7,9H2,1-2H3/t11-,12?/m1/s1. The van der Waals surface area contributed by atoms with Gasteiger partial charge in [0.15, 0.2) is 0 Å². The van der Waals surface area contributed by atoms with Gasteiger partial charge >= 0.3 is 0 Å². The fraction of sp³-hybridized carbons (Fsp3) is 0.571. The summed E-state index contributed by atoms with van der Waals surface area (Å²) in [6.45, 7) is 5.26. The van der Waals surface area contributed by atoms with Crippen LogP contribution in [0.4, 0.5) is 0 Å². The molecule has 1 aliphatic heterocycles. The summed E-state index contributed by atoms with van der Waals surface area (Å²) < 4.78 is 11.3. The summed E-state index contributed by atoms with van der Waals surface area (Å²) in [6, 6.07) is 5.90. The summed E-state index contributed by atoms with van der Waals surface area (Å²) in [5.41, 5.74) is 1.99. The van der Waals surface area contributed by atoms with E-state index in [1.807, 2.05) is 25.1 Å². The second kappa shape index (κ2) is 5.52. The van der Waals surface area contributed by atoms with Gasteiger partial charge in [0.05, 0.1) is 12.7 Å². The van der Waals surface area contributed by atoms with Gasteiger partial charge in [-0.1, -0.05) is 12.1 Å². The molecule has 0 saturated carbocycles. The van der Waals surface area contributed by atoms with Crippen molar-refractivity contribution in [3.05, 3.63) is 29.3 Å². The van der Waals surface area contributed by atoms with Crippen molar-refractivity contribution in [1.29, 1.82) is 0 Å². The Hall–Kier alpha value is -1.06. The van der Waals surface area contributed by atoms with Gasteiger partial charge in [-0.25, -0.2) is 0 Å². The fourth-order valence-corrected chi connectivity index (χ4v) is 2.07. The maximum atomic E-state index is 9.71. The van der Waals surface area contributed by atoms with Crippen LogP contribution in [0.15, 0.2) is 18.2 Å². The van der Waals surface area contributed by atoms with Crippen LogP contribution in [0.2, 0.25) is 0 Å². The molecule has 1 aromatic carbocycles. The van der Waals surface area contributed by atoms with Crippen LogP contribution in [-0.4, -0.2) is 24.4 Å². The van der Waals surface area contributed by atoms with Crippen LogP contribution >= 0.6 is 0 Å². The highest BCUT2D eigenvalue weighted by molar-refractivity contribution is 5.38. The molecule has 1 aromatic rings. The number of ether oxygens (including phenoxy) is 2. The van der Waals surface area contributed by atoms with Crippen LogP contribution in [0, 0.1) is 6.92 Å². The smallest absolute Gasteiger partial charge is 0.125 e. The molecule has 3 heteroatoms. The van der Waals surface area contributed by atoms with Crippen LogP contribution in [0.3, 0.4) is 0 Å². The highest BCUT2D eigenvalue weighted by Crippen LogP contribution is 2.28. The fourth-order valence-electron chi connectivity index (χ4n) is 2.07. The van der Waals surface area contributed by atoms with Gasteiger partial charge in [-0.05, 0) is 38.3 Å². The average Bonchev–Trinajstić information content (AvgIpc) is 2.30. The SMILES string of the molecule is Cc1ccc([C@@H](C)O)c(OC2CCCOC2)c1. The molecular formula is C14H20O3. The first-order chi connectivity index (χ1) is 8.16. The van der Waals surface area contributed by atoms with Crippen molar-refractivity contribution in [3.63, 3.8) is 0 Å². The van der Waals surface area contributed by atoms with Gasteiger partial charge in [-0.15, -0.1) is 0 Å². The minimum Gasteiger partial charge on any atom is -0.488 e. The number of aliphatic hydroxyl groups is 1. The lowest BCUT2D eigenvalue weighted by atomic mass is 10.1. The van der Waals surface area contributed by atoms with Crippen molar-refractivity contribution in [1.82, 2.24) is 0 Å². The summed E-state index contributed by atoms with van der Waals surface area (Å²) in [6.07, 6.45) is 1.67. The molecule has 17 heavy (non-hydrogen) atoms. The highest BCUT2D eigenvalue weighted by Gasteiger charge is 2.18. The summed E-state index contributed by atoms with van der Waals surface area (Å²) in [7, 11) is 0. The molecule has 0 amide bonds. The Balaban J connectivity index is 2.14. The minimum atomic E-state index is -0.505. The van der Waals surface area contributed by atoms with Crippen LogP contribution in [0.1, 0.15) is 37.0 Å². The molecule has 2 rings (SSSR count). The molecule has 0 spiro atoms. The molecule has 0 radical (unpaired) electrons. The lowest BCUT2D eigenvalue weighted by molar-refractivity contribution is 0.00611. The van der Waals surface area contributed by atoms with Gasteiger partial charge in [0.1, 0.15) is 11.9 Å². The van der Waals surface area contributed by atoms with E-state index in [9.17, 15) is 5.11 Å². The second-order valence-electron chi connectivity index (χ2n) is 4.67. The Bertz CT molecular complexity index is 368. The molecule has 1 aliphatic rings. The van der Waals surface area contributed by atoms with Gasteiger partial charge in [0, 0.05) is 12.2 Å².